The first kappa shape index (κ1) is 25.6. The van der Waals surface area contributed by atoms with Gasteiger partial charge in [-0.25, -0.2) is 4.79 Å². The van der Waals surface area contributed by atoms with E-state index in [1.54, 1.807) is 21.1 Å². The molecule has 1 aromatic carbocycles. The minimum absolute atomic E-state index is 0.0603. The molecule has 0 aliphatic carbocycles. The van der Waals surface area contributed by atoms with Crippen molar-refractivity contribution in [3.63, 3.8) is 0 Å². The molecule has 0 fully saturated rings. The van der Waals surface area contributed by atoms with Crippen molar-refractivity contribution in [3.8, 4) is 5.75 Å². The van der Waals surface area contributed by atoms with Gasteiger partial charge in [0.1, 0.15) is 12.4 Å². The molecule has 3 N–H and O–H groups in total. The Morgan fingerprint density at radius 1 is 1.20 bits per heavy atom. The summed E-state index contributed by atoms with van der Waals surface area (Å²) in [6.45, 7) is 10.5. The van der Waals surface area contributed by atoms with E-state index in [0.29, 0.717) is 44.8 Å². The summed E-state index contributed by atoms with van der Waals surface area (Å²) in [6.07, 6.45) is 0.434. The Morgan fingerprint density at radius 2 is 1.97 bits per heavy atom. The van der Waals surface area contributed by atoms with E-state index in [9.17, 15) is 4.79 Å². The van der Waals surface area contributed by atoms with Crippen molar-refractivity contribution >= 4 is 12.1 Å². The van der Waals surface area contributed by atoms with Gasteiger partial charge in [-0.05, 0) is 37.8 Å². The number of aryl methyl sites for hydroxylation is 1. The number of nitrogens with one attached hydrogen (secondary N) is 3. The molecule has 1 atom stereocenters. The third-order valence-electron chi connectivity index (χ3n) is 4.31. The second-order valence-corrected chi connectivity index (χ2v) is 7.45. The molecule has 0 saturated carbocycles. The van der Waals surface area contributed by atoms with Gasteiger partial charge >= 0.3 is 6.09 Å². The van der Waals surface area contributed by atoms with E-state index in [2.05, 4.69) is 40.9 Å². The number of hydrogen-bond donors (Lipinski definition) is 3. The second-order valence-electron chi connectivity index (χ2n) is 7.45. The van der Waals surface area contributed by atoms with Crippen LogP contribution in [0.25, 0.3) is 0 Å². The lowest BCUT2D eigenvalue weighted by molar-refractivity contribution is 0.145. The van der Waals surface area contributed by atoms with Gasteiger partial charge < -0.3 is 30.2 Å². The number of carbonyl (C=O) groups excluding carboxylic acids is 1. The fourth-order valence-corrected chi connectivity index (χ4v) is 2.90. The highest BCUT2D eigenvalue weighted by molar-refractivity contribution is 5.79. The monoisotopic (exact) mass is 422 g/mol. The lowest BCUT2D eigenvalue weighted by Gasteiger charge is -2.22. The minimum atomic E-state index is -0.398. The normalized spacial score (nSPS) is 12.4. The fourth-order valence-electron chi connectivity index (χ4n) is 2.90. The number of amides is 1. The lowest BCUT2D eigenvalue weighted by Crippen LogP contribution is -2.47. The van der Waals surface area contributed by atoms with Gasteiger partial charge in [-0.2, -0.15) is 0 Å². The molecule has 1 rings (SSSR count). The van der Waals surface area contributed by atoms with Crippen LogP contribution in [0.2, 0.25) is 0 Å². The molecule has 0 radical (unpaired) electrons. The maximum absolute atomic E-state index is 11.8. The molecular formula is C22H38N4O4. The van der Waals surface area contributed by atoms with E-state index in [0.717, 1.165) is 23.3 Å². The number of ether oxygens (including phenoxy) is 3. The lowest BCUT2D eigenvalue weighted by atomic mass is 10.0. The van der Waals surface area contributed by atoms with Gasteiger partial charge in [0, 0.05) is 38.9 Å². The molecule has 30 heavy (non-hydrogen) atoms. The zero-order chi connectivity index (χ0) is 22.4. The number of carbonyl (C=O) groups is 1. The number of hydrogen-bond acceptors (Lipinski definition) is 5. The molecule has 0 spiro atoms. The van der Waals surface area contributed by atoms with Crippen LogP contribution in [0.1, 0.15) is 38.3 Å². The van der Waals surface area contributed by atoms with Crippen LogP contribution in [0.5, 0.6) is 5.75 Å². The number of alkyl carbamates (subject to hydrolysis) is 1. The summed E-state index contributed by atoms with van der Waals surface area (Å²) in [4.78, 5) is 16.1. The standard InChI is InChI=1S/C22H38N4O4/c1-7-29-22(27)26-19(12-16(2)3)15-25-21(23-5)24-14-18-9-8-17(4)13-20(18)30-11-10-28-6/h8-9,13,16,19H,7,10-12,14-15H2,1-6H3,(H,26,27)(H2,23,24,25). The topological polar surface area (TPSA) is 93.2 Å². The van der Waals surface area contributed by atoms with Crippen molar-refractivity contribution in [2.24, 2.45) is 10.9 Å². The van der Waals surface area contributed by atoms with Crippen LogP contribution >= 0.6 is 0 Å². The number of guanidine groups is 1. The third-order valence-corrected chi connectivity index (χ3v) is 4.31. The Bertz CT molecular complexity index is 665. The summed E-state index contributed by atoms with van der Waals surface area (Å²) in [5.41, 5.74) is 2.17. The Balaban J connectivity index is 2.65. The first-order valence-corrected chi connectivity index (χ1v) is 10.5. The van der Waals surface area contributed by atoms with Gasteiger partial charge in [0.25, 0.3) is 0 Å². The molecule has 0 aromatic heterocycles. The predicted molar refractivity (Wildman–Crippen MR) is 120 cm³/mol. The van der Waals surface area contributed by atoms with E-state index in [4.69, 9.17) is 14.2 Å². The molecule has 8 heteroatoms. The van der Waals surface area contributed by atoms with Crippen molar-refractivity contribution in [1.82, 2.24) is 16.0 Å². The van der Waals surface area contributed by atoms with Gasteiger partial charge in [-0.15, -0.1) is 0 Å². The molecule has 1 unspecified atom stereocenters. The first-order chi connectivity index (χ1) is 14.4. The van der Waals surface area contributed by atoms with Gasteiger partial charge in [0.05, 0.1) is 13.2 Å². The highest BCUT2D eigenvalue weighted by Crippen LogP contribution is 2.20. The third kappa shape index (κ3) is 10.3. The van der Waals surface area contributed by atoms with Crippen LogP contribution < -0.4 is 20.7 Å². The van der Waals surface area contributed by atoms with Crippen LogP contribution in [0.4, 0.5) is 4.79 Å². The van der Waals surface area contributed by atoms with E-state index >= 15 is 0 Å². The number of methoxy groups -OCH3 is 1. The summed E-state index contributed by atoms with van der Waals surface area (Å²) in [7, 11) is 3.37. The highest BCUT2D eigenvalue weighted by Gasteiger charge is 2.15. The van der Waals surface area contributed by atoms with Gasteiger partial charge in [-0.1, -0.05) is 26.0 Å². The van der Waals surface area contributed by atoms with E-state index < -0.39 is 6.09 Å². The van der Waals surface area contributed by atoms with Crippen LogP contribution in [-0.2, 0) is 16.0 Å². The molecule has 0 heterocycles. The molecule has 0 aliphatic heterocycles. The summed E-state index contributed by atoms with van der Waals surface area (Å²) in [5, 5.41) is 9.50. The van der Waals surface area contributed by atoms with Crippen molar-refractivity contribution in [2.45, 2.75) is 46.7 Å². The molecule has 1 aromatic rings. The van der Waals surface area contributed by atoms with Crippen LogP contribution in [0.3, 0.4) is 0 Å². The molecule has 170 valence electrons. The molecule has 1 amide bonds. The molecule has 8 nitrogen and oxygen atoms in total. The van der Waals surface area contributed by atoms with Gasteiger partial charge in [0.15, 0.2) is 5.96 Å². The second kappa shape index (κ2) is 14.5. The van der Waals surface area contributed by atoms with E-state index in [1.807, 2.05) is 19.1 Å². The largest absolute Gasteiger partial charge is 0.491 e. The molecule has 0 aliphatic rings. The van der Waals surface area contributed by atoms with Crippen molar-refractivity contribution in [3.05, 3.63) is 29.3 Å². The molecule has 0 saturated heterocycles. The Hall–Kier alpha value is -2.48. The van der Waals surface area contributed by atoms with Crippen LogP contribution in [0, 0.1) is 12.8 Å². The number of aliphatic imine (C=N–C) groups is 1. The van der Waals surface area contributed by atoms with Gasteiger partial charge in [0.2, 0.25) is 0 Å². The average molecular weight is 423 g/mol. The van der Waals surface area contributed by atoms with Crippen LogP contribution in [0.15, 0.2) is 23.2 Å². The smallest absolute Gasteiger partial charge is 0.407 e. The summed E-state index contributed by atoms with van der Waals surface area (Å²) in [5.74, 6) is 1.92. The molecular weight excluding hydrogens is 384 g/mol. The van der Waals surface area contributed by atoms with Crippen LogP contribution in [-0.4, -0.2) is 58.6 Å². The van der Waals surface area contributed by atoms with Crippen molar-refractivity contribution in [1.29, 1.82) is 0 Å². The van der Waals surface area contributed by atoms with Crippen molar-refractivity contribution in [2.75, 3.05) is 40.5 Å². The highest BCUT2D eigenvalue weighted by atomic mass is 16.5. The van der Waals surface area contributed by atoms with E-state index in [1.165, 1.54) is 0 Å². The maximum atomic E-state index is 11.8. The average Bonchev–Trinajstić information content (AvgIpc) is 2.69. The van der Waals surface area contributed by atoms with Gasteiger partial charge in [-0.3, -0.25) is 4.99 Å². The van der Waals surface area contributed by atoms with Crippen molar-refractivity contribution < 1.29 is 19.0 Å². The summed E-state index contributed by atoms with van der Waals surface area (Å²) < 4.78 is 15.9. The summed E-state index contributed by atoms with van der Waals surface area (Å²) >= 11 is 0. The zero-order valence-corrected chi connectivity index (χ0v) is 19.2. The maximum Gasteiger partial charge on any atom is 0.407 e. The molecule has 0 bridgehead atoms. The Morgan fingerprint density at radius 3 is 2.60 bits per heavy atom. The zero-order valence-electron chi connectivity index (χ0n) is 19.2. The quantitative estimate of drug-likeness (QED) is 0.272. The Labute approximate surface area is 180 Å². The fraction of sp³-hybridized carbons (Fsp3) is 0.636. The van der Waals surface area contributed by atoms with E-state index in [-0.39, 0.29) is 6.04 Å². The number of rotatable bonds is 12. The SMILES string of the molecule is CCOC(=O)NC(CNC(=NC)NCc1ccc(C)cc1OCCOC)CC(C)C. The number of benzene rings is 1. The Kier molecular flexibility index (Phi) is 12.3. The number of nitrogens with zero attached hydrogens (tertiary/aromatic N) is 1. The summed E-state index contributed by atoms with van der Waals surface area (Å²) in [6, 6.07) is 6.06. The minimum Gasteiger partial charge on any atom is -0.491 e. The predicted octanol–water partition coefficient (Wildman–Crippen LogP) is 2.85. The first-order valence-electron chi connectivity index (χ1n) is 10.5.